The number of hydrogen-bond donors (Lipinski definition) is 4. The van der Waals surface area contributed by atoms with E-state index in [0.717, 1.165) is 11.6 Å². The predicted molar refractivity (Wildman–Crippen MR) is 188 cm³/mol. The van der Waals surface area contributed by atoms with Gasteiger partial charge in [-0.2, -0.15) is 0 Å². The van der Waals surface area contributed by atoms with Gasteiger partial charge in [-0.05, 0) is 81.5 Å². The predicted octanol–water partition coefficient (Wildman–Crippen LogP) is 6.20. The molecule has 3 unspecified atom stereocenters. The zero-order chi connectivity index (χ0) is 38.2. The van der Waals surface area contributed by atoms with Crippen LogP contribution in [0.5, 0.6) is 0 Å². The minimum absolute atomic E-state index is 0.0386. The maximum atomic E-state index is 14.1. The van der Waals surface area contributed by atoms with Crippen molar-refractivity contribution in [3.8, 4) is 0 Å². The fourth-order valence-corrected chi connectivity index (χ4v) is 9.69. The van der Waals surface area contributed by atoms with Crippen LogP contribution in [-0.2, 0) is 25.8 Å². The number of aliphatic hydroxyl groups is 1. The topological polar surface area (TPSA) is 151 Å². The smallest absolute Gasteiger partial charge is 0.408 e. The minimum Gasteiger partial charge on any atom is -0.444 e. The Bertz CT molecular complexity index is 1940. The number of carbonyl (C=O) groups excluding carboxylic acids is 3. The molecule has 4 N–H and O–H groups in total. The number of alkyl carbamates (subject to hydrolysis) is 1. The quantitative estimate of drug-likeness (QED) is 0.180. The van der Waals surface area contributed by atoms with E-state index in [0.29, 0.717) is 18.6 Å². The Morgan fingerprint density at radius 2 is 1.65 bits per heavy atom. The standard InChI is InChI=1S/C37H41ClF3N3O7S/c1-20-12-23-15-25(52(49,50)31-14-22(10-11-27(31)38)33(45)43-24-16-28(39)32(41)29(40)17-24)18-26(20)37(23,48)19-42-34(46)30(13-21-8-6-5-7-9-21)44-35(47)51-36(2,3)4/h5-11,14,16-17,20,23,25-26,30,48H,12-13,15,18-19H2,1-4H3,(H,42,46)(H,43,45)(H,44,47)/t20-,23?,25?,26?,30-,37+/m0/s1. The summed E-state index contributed by atoms with van der Waals surface area (Å²) >= 11 is 6.35. The van der Waals surface area contributed by atoms with E-state index < -0.39 is 79.5 Å². The number of fused-ring (bicyclic) bond motifs is 2. The fraction of sp³-hybridized carbons (Fsp3) is 0.432. The molecular weight excluding hydrogens is 723 g/mol. The van der Waals surface area contributed by atoms with Gasteiger partial charge in [0.05, 0.1) is 20.8 Å². The van der Waals surface area contributed by atoms with Gasteiger partial charge in [-0.1, -0.05) is 48.9 Å². The number of halogens is 4. The molecule has 15 heteroatoms. The van der Waals surface area contributed by atoms with Gasteiger partial charge in [-0.3, -0.25) is 9.59 Å². The lowest BCUT2D eigenvalue weighted by molar-refractivity contribution is -0.126. The average Bonchev–Trinajstić information content (AvgIpc) is 3.17. The molecule has 0 heterocycles. The molecule has 0 radical (unpaired) electrons. The molecule has 2 saturated carbocycles. The lowest BCUT2D eigenvalue weighted by Gasteiger charge is -2.43. The molecule has 2 aliphatic carbocycles. The van der Waals surface area contributed by atoms with E-state index in [2.05, 4.69) is 16.0 Å². The Kier molecular flexibility index (Phi) is 11.3. The number of anilines is 1. The van der Waals surface area contributed by atoms with Crippen molar-refractivity contribution in [1.29, 1.82) is 0 Å². The van der Waals surface area contributed by atoms with Crippen LogP contribution in [0.1, 0.15) is 62.9 Å². The third-order valence-corrected chi connectivity index (χ3v) is 12.4. The van der Waals surface area contributed by atoms with Gasteiger partial charge < -0.3 is 25.8 Å². The van der Waals surface area contributed by atoms with Gasteiger partial charge in [0.15, 0.2) is 27.3 Å². The first-order valence-corrected chi connectivity index (χ1v) is 18.7. The molecule has 10 nitrogen and oxygen atoms in total. The van der Waals surface area contributed by atoms with Crippen molar-refractivity contribution in [3.05, 3.63) is 94.3 Å². The summed E-state index contributed by atoms with van der Waals surface area (Å²) in [7, 11) is -4.19. The van der Waals surface area contributed by atoms with Crippen LogP contribution in [0.2, 0.25) is 5.02 Å². The van der Waals surface area contributed by atoms with E-state index in [4.69, 9.17) is 16.3 Å². The van der Waals surface area contributed by atoms with Crippen molar-refractivity contribution < 1.29 is 45.8 Å². The van der Waals surface area contributed by atoms with Crippen LogP contribution in [0.4, 0.5) is 23.7 Å². The van der Waals surface area contributed by atoms with Gasteiger partial charge in [0, 0.05) is 36.3 Å². The maximum absolute atomic E-state index is 14.1. The van der Waals surface area contributed by atoms with Crippen molar-refractivity contribution in [1.82, 2.24) is 10.6 Å². The Hall–Kier alpha value is -4.14. The summed E-state index contributed by atoms with van der Waals surface area (Å²) in [5.74, 6) is -7.35. The van der Waals surface area contributed by atoms with Crippen molar-refractivity contribution >= 4 is 45.0 Å². The highest BCUT2D eigenvalue weighted by Gasteiger charge is 2.58. The van der Waals surface area contributed by atoms with E-state index in [9.17, 15) is 41.1 Å². The van der Waals surface area contributed by atoms with Gasteiger partial charge in [0.1, 0.15) is 11.6 Å². The average molecular weight is 764 g/mol. The van der Waals surface area contributed by atoms with Crippen molar-refractivity contribution in [2.24, 2.45) is 17.8 Å². The summed E-state index contributed by atoms with van der Waals surface area (Å²) in [6.45, 7) is 6.83. The van der Waals surface area contributed by atoms with Crippen LogP contribution in [0.25, 0.3) is 0 Å². The molecule has 0 saturated heterocycles. The van der Waals surface area contributed by atoms with Gasteiger partial charge in [0.25, 0.3) is 5.91 Å². The highest BCUT2D eigenvalue weighted by Crippen LogP contribution is 2.54. The van der Waals surface area contributed by atoms with Crippen LogP contribution in [0.15, 0.2) is 65.6 Å². The van der Waals surface area contributed by atoms with Crippen LogP contribution >= 0.6 is 11.6 Å². The summed E-state index contributed by atoms with van der Waals surface area (Å²) in [5.41, 5.74) is -2.02. The lowest BCUT2D eigenvalue weighted by Crippen LogP contribution is -2.58. The Balaban J connectivity index is 1.31. The zero-order valence-corrected chi connectivity index (χ0v) is 30.6. The number of amides is 3. The molecule has 2 bridgehead atoms. The van der Waals surface area contributed by atoms with Crippen LogP contribution < -0.4 is 16.0 Å². The molecule has 6 atom stereocenters. The van der Waals surface area contributed by atoms with Gasteiger partial charge in [-0.25, -0.2) is 26.4 Å². The number of nitrogens with one attached hydrogen (secondary N) is 3. The van der Waals surface area contributed by atoms with Gasteiger partial charge in [0.2, 0.25) is 5.91 Å². The summed E-state index contributed by atoms with van der Waals surface area (Å²) in [6, 6.07) is 12.8. The number of benzene rings is 3. The maximum Gasteiger partial charge on any atom is 0.408 e. The normalized spacial score (nSPS) is 23.4. The number of sulfone groups is 1. The molecule has 52 heavy (non-hydrogen) atoms. The molecule has 2 aliphatic rings. The SMILES string of the molecule is C[C@H]1CC2CC(S(=O)(=O)c3cc(C(=O)Nc4cc(F)c(F)c(F)c4)ccc3Cl)CC1[C@@]2(O)CNC(=O)[C@H](Cc1ccccc1)NC(=O)OC(C)(C)C. The first-order chi connectivity index (χ1) is 24.3. The van der Waals surface area contributed by atoms with E-state index in [-0.39, 0.29) is 52.9 Å². The number of hydrogen-bond acceptors (Lipinski definition) is 7. The monoisotopic (exact) mass is 763 g/mol. The number of rotatable bonds is 10. The Morgan fingerprint density at radius 1 is 1.00 bits per heavy atom. The third-order valence-electron chi connectivity index (χ3n) is 9.77. The Morgan fingerprint density at radius 3 is 2.27 bits per heavy atom. The summed E-state index contributed by atoms with van der Waals surface area (Å²) in [4.78, 5) is 38.8. The number of carbonyl (C=O) groups is 3. The first-order valence-electron chi connectivity index (χ1n) is 16.8. The third kappa shape index (κ3) is 8.56. The van der Waals surface area contributed by atoms with E-state index in [1.807, 2.05) is 37.3 Å². The van der Waals surface area contributed by atoms with E-state index in [1.54, 1.807) is 20.8 Å². The summed E-state index contributed by atoms with van der Waals surface area (Å²) < 4.78 is 74.3. The molecule has 0 aliphatic heterocycles. The summed E-state index contributed by atoms with van der Waals surface area (Å²) in [6.07, 6.45) is -0.0475. The highest BCUT2D eigenvalue weighted by atomic mass is 35.5. The number of ether oxygens (including phenoxy) is 1. The molecule has 3 aromatic rings. The second-order valence-corrected chi connectivity index (χ2v) is 17.2. The molecular formula is C37H41ClF3N3O7S. The van der Waals surface area contributed by atoms with Gasteiger partial charge >= 0.3 is 6.09 Å². The molecule has 3 amide bonds. The molecule has 0 aromatic heterocycles. The summed E-state index contributed by atoms with van der Waals surface area (Å²) in [5, 5.41) is 18.6. The largest absolute Gasteiger partial charge is 0.444 e. The van der Waals surface area contributed by atoms with Crippen molar-refractivity contribution in [2.45, 2.75) is 80.8 Å². The van der Waals surface area contributed by atoms with Crippen LogP contribution in [0.3, 0.4) is 0 Å². The minimum atomic E-state index is -4.19. The second kappa shape index (κ2) is 15.1. The lowest BCUT2D eigenvalue weighted by atomic mass is 9.73. The highest BCUT2D eigenvalue weighted by molar-refractivity contribution is 7.92. The van der Waals surface area contributed by atoms with Crippen LogP contribution in [0, 0.1) is 35.2 Å². The second-order valence-electron chi connectivity index (χ2n) is 14.6. The molecule has 280 valence electrons. The zero-order valence-electron chi connectivity index (χ0n) is 29.0. The van der Waals surface area contributed by atoms with E-state index >= 15 is 0 Å². The van der Waals surface area contributed by atoms with Crippen molar-refractivity contribution in [3.63, 3.8) is 0 Å². The first kappa shape index (κ1) is 39.1. The van der Waals surface area contributed by atoms with Crippen LogP contribution in [-0.4, -0.2) is 60.5 Å². The fourth-order valence-electron chi connectivity index (χ4n) is 7.31. The van der Waals surface area contributed by atoms with E-state index in [1.165, 1.54) is 12.1 Å². The Labute approximate surface area is 305 Å². The molecule has 0 spiro atoms. The molecule has 5 rings (SSSR count). The van der Waals surface area contributed by atoms with Gasteiger partial charge in [-0.15, -0.1) is 0 Å². The van der Waals surface area contributed by atoms with Crippen molar-refractivity contribution in [2.75, 3.05) is 11.9 Å². The molecule has 3 aromatic carbocycles. The molecule has 2 fully saturated rings.